The van der Waals surface area contributed by atoms with Crippen LogP contribution in [-0.4, -0.2) is 46.6 Å². The molecule has 0 radical (unpaired) electrons. The average molecular weight is 641 g/mol. The van der Waals surface area contributed by atoms with E-state index < -0.39 is 12.1 Å². The normalized spacial score (nSPS) is 12.8. The molecule has 0 aliphatic carbocycles. The zero-order chi connectivity index (χ0) is 33.1. The van der Waals surface area contributed by atoms with Crippen LogP contribution in [-0.2, 0) is 14.3 Å². The van der Waals surface area contributed by atoms with Crippen molar-refractivity contribution in [3.63, 3.8) is 0 Å². The van der Waals surface area contributed by atoms with E-state index in [2.05, 4.69) is 6.92 Å². The van der Waals surface area contributed by atoms with Gasteiger partial charge < -0.3 is 20.1 Å². The molecule has 0 saturated heterocycles. The van der Waals surface area contributed by atoms with Crippen molar-refractivity contribution in [2.75, 3.05) is 13.2 Å². The van der Waals surface area contributed by atoms with E-state index in [0.717, 1.165) is 38.5 Å². The first-order valence-electron chi connectivity index (χ1n) is 19.7. The van der Waals surface area contributed by atoms with Gasteiger partial charge in [-0.2, -0.15) is 0 Å². The number of aliphatic carboxylic acids is 1. The number of rotatable bonds is 37. The number of carboxylic acids is 1. The Morgan fingerprint density at radius 3 is 1.13 bits per heavy atom. The fourth-order valence-corrected chi connectivity index (χ4v) is 6.28. The highest BCUT2D eigenvalue weighted by Gasteiger charge is 2.20. The summed E-state index contributed by atoms with van der Waals surface area (Å²) in [5.74, 6) is -0.931. The standard InChI is InChI=1S/C39H76O6/c1-2-3-4-5-25-28-31-36(39(44)45-35-37(41)34-40)32-29-26-23-21-19-17-15-13-11-9-7-6-8-10-12-14-16-18-20-22-24-27-30-33-38(42)43/h36-37,40-41H,2-35H2,1H3,(H,42,43). The minimum atomic E-state index is -0.979. The van der Waals surface area contributed by atoms with E-state index >= 15 is 0 Å². The van der Waals surface area contributed by atoms with Crippen molar-refractivity contribution in [3.8, 4) is 0 Å². The van der Waals surface area contributed by atoms with Crippen molar-refractivity contribution in [3.05, 3.63) is 0 Å². The lowest BCUT2D eigenvalue weighted by Crippen LogP contribution is -2.25. The lowest BCUT2D eigenvalue weighted by Gasteiger charge is -2.17. The van der Waals surface area contributed by atoms with Crippen LogP contribution in [0.5, 0.6) is 0 Å². The fraction of sp³-hybridized carbons (Fsp3) is 0.949. The highest BCUT2D eigenvalue weighted by molar-refractivity contribution is 5.72. The third kappa shape index (κ3) is 34.0. The second-order valence-corrected chi connectivity index (χ2v) is 13.8. The first kappa shape index (κ1) is 43.9. The number of esters is 1. The second-order valence-electron chi connectivity index (χ2n) is 13.8. The van der Waals surface area contributed by atoms with E-state index in [4.69, 9.17) is 14.9 Å². The molecule has 0 fully saturated rings. The summed E-state index contributed by atoms with van der Waals surface area (Å²) in [7, 11) is 0. The molecular formula is C39H76O6. The smallest absolute Gasteiger partial charge is 0.309 e. The van der Waals surface area contributed by atoms with Gasteiger partial charge in [0.05, 0.1) is 12.5 Å². The zero-order valence-corrected chi connectivity index (χ0v) is 29.8. The third-order valence-electron chi connectivity index (χ3n) is 9.31. The maximum Gasteiger partial charge on any atom is 0.309 e. The highest BCUT2D eigenvalue weighted by atomic mass is 16.5. The number of carboxylic acid groups (broad SMARTS) is 1. The molecule has 0 heterocycles. The van der Waals surface area contributed by atoms with Gasteiger partial charge in [0, 0.05) is 6.42 Å². The molecule has 0 aliphatic rings. The van der Waals surface area contributed by atoms with Gasteiger partial charge in [-0.3, -0.25) is 9.59 Å². The Kier molecular flexibility index (Phi) is 34.8. The lowest BCUT2D eigenvalue weighted by molar-refractivity contribution is -0.152. The van der Waals surface area contributed by atoms with Gasteiger partial charge in [-0.25, -0.2) is 0 Å². The molecule has 0 bridgehead atoms. The van der Waals surface area contributed by atoms with Crippen molar-refractivity contribution in [1.29, 1.82) is 0 Å². The third-order valence-corrected chi connectivity index (χ3v) is 9.31. The molecule has 45 heavy (non-hydrogen) atoms. The topological polar surface area (TPSA) is 104 Å². The summed E-state index contributed by atoms with van der Waals surface area (Å²) in [6.45, 7) is 1.74. The van der Waals surface area contributed by atoms with Crippen LogP contribution in [0.3, 0.4) is 0 Å². The van der Waals surface area contributed by atoms with Crippen molar-refractivity contribution in [1.82, 2.24) is 0 Å². The molecule has 6 nitrogen and oxygen atoms in total. The first-order valence-corrected chi connectivity index (χ1v) is 19.7. The summed E-state index contributed by atoms with van der Waals surface area (Å²) in [5, 5.41) is 27.2. The Morgan fingerprint density at radius 1 is 0.511 bits per heavy atom. The van der Waals surface area contributed by atoms with E-state index in [1.165, 1.54) is 161 Å². The van der Waals surface area contributed by atoms with Crippen molar-refractivity contribution in [2.45, 2.75) is 218 Å². The Bertz CT molecular complexity index is 625. The fourth-order valence-electron chi connectivity index (χ4n) is 6.28. The summed E-state index contributed by atoms with van der Waals surface area (Å²) in [4.78, 5) is 23.1. The van der Waals surface area contributed by atoms with E-state index in [1.54, 1.807) is 0 Å². The molecule has 0 amide bonds. The number of ether oxygens (including phenoxy) is 1. The van der Waals surface area contributed by atoms with E-state index in [0.29, 0.717) is 6.42 Å². The largest absolute Gasteiger partial charge is 0.481 e. The van der Waals surface area contributed by atoms with Gasteiger partial charge in [0.1, 0.15) is 12.7 Å². The number of aliphatic hydroxyl groups is 2. The van der Waals surface area contributed by atoms with Gasteiger partial charge in [-0.05, 0) is 19.3 Å². The molecule has 0 aliphatic heterocycles. The van der Waals surface area contributed by atoms with Gasteiger partial charge in [-0.1, -0.05) is 187 Å². The number of aliphatic hydroxyl groups excluding tert-OH is 2. The zero-order valence-electron chi connectivity index (χ0n) is 29.8. The second kappa shape index (κ2) is 35.7. The minimum absolute atomic E-state index is 0.0713. The molecule has 3 N–H and O–H groups in total. The van der Waals surface area contributed by atoms with Crippen molar-refractivity contribution < 1.29 is 29.6 Å². The number of hydrogen-bond donors (Lipinski definition) is 3. The monoisotopic (exact) mass is 641 g/mol. The van der Waals surface area contributed by atoms with Crippen LogP contribution in [0, 0.1) is 5.92 Å². The van der Waals surface area contributed by atoms with Crippen LogP contribution in [0.1, 0.15) is 212 Å². The van der Waals surface area contributed by atoms with Crippen LogP contribution in [0.4, 0.5) is 0 Å². The summed E-state index contributed by atoms with van der Waals surface area (Å²) in [5.41, 5.74) is 0. The summed E-state index contributed by atoms with van der Waals surface area (Å²) < 4.78 is 5.30. The van der Waals surface area contributed by atoms with Gasteiger partial charge in [0.25, 0.3) is 0 Å². The van der Waals surface area contributed by atoms with E-state index in [9.17, 15) is 14.7 Å². The average Bonchev–Trinajstić information content (AvgIpc) is 3.03. The first-order chi connectivity index (χ1) is 22.0. The van der Waals surface area contributed by atoms with Crippen LogP contribution in [0.15, 0.2) is 0 Å². The van der Waals surface area contributed by atoms with Crippen molar-refractivity contribution in [2.24, 2.45) is 5.92 Å². The molecular weight excluding hydrogens is 564 g/mol. The van der Waals surface area contributed by atoms with Crippen LogP contribution < -0.4 is 0 Å². The van der Waals surface area contributed by atoms with Crippen molar-refractivity contribution >= 4 is 11.9 Å². The summed E-state index contributed by atoms with van der Waals surface area (Å²) in [6, 6.07) is 0. The molecule has 0 aromatic rings. The maximum absolute atomic E-state index is 12.6. The van der Waals surface area contributed by atoms with E-state index in [1.807, 2.05) is 0 Å². The molecule has 2 atom stereocenters. The Balaban J connectivity index is 3.54. The Morgan fingerprint density at radius 2 is 0.822 bits per heavy atom. The van der Waals surface area contributed by atoms with Gasteiger partial charge in [0.2, 0.25) is 0 Å². The maximum atomic E-state index is 12.6. The van der Waals surface area contributed by atoms with Gasteiger partial charge >= 0.3 is 11.9 Å². The van der Waals surface area contributed by atoms with Crippen LogP contribution >= 0.6 is 0 Å². The molecule has 2 unspecified atom stereocenters. The van der Waals surface area contributed by atoms with Gasteiger partial charge in [0.15, 0.2) is 0 Å². The number of unbranched alkanes of at least 4 members (excludes halogenated alkanes) is 27. The number of carbonyl (C=O) groups excluding carboxylic acids is 1. The molecule has 0 spiro atoms. The van der Waals surface area contributed by atoms with Gasteiger partial charge in [-0.15, -0.1) is 0 Å². The quantitative estimate of drug-likeness (QED) is 0.0461. The highest BCUT2D eigenvalue weighted by Crippen LogP contribution is 2.21. The number of hydrogen-bond acceptors (Lipinski definition) is 5. The molecule has 0 saturated carbocycles. The van der Waals surface area contributed by atoms with Crippen LogP contribution in [0.2, 0.25) is 0 Å². The molecule has 6 heteroatoms. The molecule has 0 aromatic carbocycles. The predicted octanol–water partition coefficient (Wildman–Crippen LogP) is 11.1. The summed E-state index contributed by atoms with van der Waals surface area (Å²) >= 11 is 0. The number of carbonyl (C=O) groups is 2. The SMILES string of the molecule is CCCCCCCCC(CCCCCCCCCCCCCCCCCCCCCCCCCC(=O)O)C(=O)OCC(O)CO. The minimum Gasteiger partial charge on any atom is -0.481 e. The lowest BCUT2D eigenvalue weighted by atomic mass is 9.94. The summed E-state index contributed by atoms with van der Waals surface area (Å²) in [6.07, 6.45) is 38.1. The van der Waals surface area contributed by atoms with Crippen LogP contribution in [0.25, 0.3) is 0 Å². The molecule has 0 aromatic heterocycles. The molecule has 0 rings (SSSR count). The predicted molar refractivity (Wildman–Crippen MR) is 189 cm³/mol. The Labute approximate surface area is 278 Å². The molecule has 268 valence electrons. The Hall–Kier alpha value is -1.14. The van der Waals surface area contributed by atoms with E-state index in [-0.39, 0.29) is 25.1 Å².